The Labute approximate surface area is 181 Å². The highest BCUT2D eigenvalue weighted by Crippen LogP contribution is 2.28. The van der Waals surface area contributed by atoms with Gasteiger partial charge in [0.1, 0.15) is 0 Å². The number of rotatable bonds is 4. The fourth-order valence-electron chi connectivity index (χ4n) is 3.20. The zero-order valence-corrected chi connectivity index (χ0v) is 18.2. The first-order chi connectivity index (χ1) is 13.8. The molecule has 0 aliphatic carbocycles. The predicted molar refractivity (Wildman–Crippen MR) is 114 cm³/mol. The van der Waals surface area contributed by atoms with E-state index in [-0.39, 0.29) is 23.1 Å². The second-order valence-corrected chi connectivity index (χ2v) is 9.74. The molecule has 1 aromatic heterocycles. The average Bonchev–Trinajstić information content (AvgIpc) is 3.14. The number of nitrogens with one attached hydrogen (secondary N) is 1. The van der Waals surface area contributed by atoms with Crippen molar-refractivity contribution in [3.8, 4) is 0 Å². The van der Waals surface area contributed by atoms with E-state index in [2.05, 4.69) is 21.2 Å². The number of halogens is 2. The molecule has 2 heterocycles. The molecule has 2 aromatic carbocycles. The number of sulfonamides is 1. The topological polar surface area (TPSA) is 79.6 Å². The lowest BCUT2D eigenvalue weighted by atomic mass is 10.0. The van der Waals surface area contributed by atoms with E-state index >= 15 is 0 Å². The van der Waals surface area contributed by atoms with Crippen molar-refractivity contribution in [3.05, 3.63) is 81.2 Å². The van der Waals surface area contributed by atoms with Crippen molar-refractivity contribution >= 4 is 49.1 Å². The van der Waals surface area contributed by atoms with E-state index < -0.39 is 10.0 Å². The number of hydrogen-bond donors (Lipinski definition) is 1. The molecular weight excluding hydrogens is 480 g/mol. The second kappa shape index (κ2) is 7.95. The first kappa shape index (κ1) is 20.2. The van der Waals surface area contributed by atoms with Crippen molar-refractivity contribution in [2.75, 3.05) is 11.9 Å². The zero-order valence-electron chi connectivity index (χ0n) is 15.1. The summed E-state index contributed by atoms with van der Waals surface area (Å²) in [5.74, 6) is -0.196. The summed E-state index contributed by atoms with van der Waals surface area (Å²) in [6.45, 7) is 0.625. The molecule has 1 amide bonds. The SMILES string of the molecule is O=C(Nc1ccc2c(c1)CN(S(=O)(=O)c1ccc(Cl)cc1)CC2)c1ccc(Br)o1. The number of amides is 1. The molecule has 1 aliphatic heterocycles. The molecule has 29 heavy (non-hydrogen) atoms. The molecule has 4 rings (SSSR count). The molecule has 0 fully saturated rings. The monoisotopic (exact) mass is 494 g/mol. The third-order valence-corrected chi connectivity index (χ3v) is 7.23. The normalized spacial score (nSPS) is 14.4. The molecular formula is C20H16BrClN2O4S. The Morgan fingerprint density at radius 1 is 1.07 bits per heavy atom. The van der Waals surface area contributed by atoms with Crippen LogP contribution >= 0.6 is 27.5 Å². The van der Waals surface area contributed by atoms with E-state index in [0.29, 0.717) is 28.3 Å². The Balaban J connectivity index is 1.55. The third kappa shape index (κ3) is 4.25. The summed E-state index contributed by atoms with van der Waals surface area (Å²) in [6.07, 6.45) is 0.599. The van der Waals surface area contributed by atoms with E-state index in [4.69, 9.17) is 16.0 Å². The highest BCUT2D eigenvalue weighted by molar-refractivity contribution is 9.10. The Bertz CT molecular complexity index is 1180. The van der Waals surface area contributed by atoms with Gasteiger partial charge in [-0.15, -0.1) is 0 Å². The van der Waals surface area contributed by atoms with Crippen LogP contribution in [0.5, 0.6) is 0 Å². The predicted octanol–water partition coefficient (Wildman–Crippen LogP) is 4.69. The summed E-state index contributed by atoms with van der Waals surface area (Å²) >= 11 is 9.03. The highest BCUT2D eigenvalue weighted by atomic mass is 79.9. The first-order valence-corrected chi connectivity index (χ1v) is 11.4. The Hall–Kier alpha value is -2.13. The lowest BCUT2D eigenvalue weighted by Crippen LogP contribution is -2.36. The van der Waals surface area contributed by atoms with Crippen LogP contribution in [0.25, 0.3) is 0 Å². The van der Waals surface area contributed by atoms with Crippen LogP contribution in [-0.4, -0.2) is 25.2 Å². The molecule has 0 radical (unpaired) electrons. The van der Waals surface area contributed by atoms with Crippen LogP contribution in [0.4, 0.5) is 5.69 Å². The number of furan rings is 1. The number of carbonyl (C=O) groups excluding carboxylic acids is 1. The Morgan fingerprint density at radius 3 is 2.52 bits per heavy atom. The standard InChI is InChI=1S/C20H16BrClN2O4S/c21-19-8-7-18(28-19)20(25)23-16-4-1-13-9-10-24(12-14(13)11-16)29(26,27)17-5-2-15(22)3-6-17/h1-8,11H,9-10,12H2,(H,23,25). The fourth-order valence-corrected chi connectivity index (χ4v) is 5.05. The van der Waals surface area contributed by atoms with Crippen molar-refractivity contribution in [1.29, 1.82) is 0 Å². The summed E-state index contributed by atoms with van der Waals surface area (Å²) in [7, 11) is -3.63. The molecule has 0 saturated heterocycles. The van der Waals surface area contributed by atoms with Crippen molar-refractivity contribution in [1.82, 2.24) is 4.31 Å². The molecule has 6 nitrogen and oxygen atoms in total. The van der Waals surface area contributed by atoms with Gasteiger partial charge in [0, 0.05) is 23.8 Å². The summed E-state index contributed by atoms with van der Waals surface area (Å²) in [5, 5.41) is 3.26. The molecule has 0 bridgehead atoms. The van der Waals surface area contributed by atoms with Gasteiger partial charge in [0.05, 0.1) is 4.90 Å². The van der Waals surface area contributed by atoms with Crippen molar-refractivity contribution in [2.24, 2.45) is 0 Å². The molecule has 0 atom stereocenters. The lowest BCUT2D eigenvalue weighted by molar-refractivity contribution is 0.0995. The van der Waals surface area contributed by atoms with E-state index in [1.165, 1.54) is 16.4 Å². The fraction of sp³-hybridized carbons (Fsp3) is 0.150. The van der Waals surface area contributed by atoms with E-state index in [1.807, 2.05) is 6.07 Å². The Morgan fingerprint density at radius 2 is 1.83 bits per heavy atom. The van der Waals surface area contributed by atoms with E-state index in [1.54, 1.807) is 36.4 Å². The number of nitrogens with zero attached hydrogens (tertiary/aromatic N) is 1. The minimum absolute atomic E-state index is 0.182. The number of hydrogen-bond acceptors (Lipinski definition) is 4. The molecule has 9 heteroatoms. The summed E-state index contributed by atoms with van der Waals surface area (Å²) < 4.78 is 33.1. The van der Waals surface area contributed by atoms with Crippen LogP contribution in [0, 0.1) is 0 Å². The minimum Gasteiger partial charge on any atom is -0.444 e. The minimum atomic E-state index is -3.63. The Kier molecular flexibility index (Phi) is 5.52. The summed E-state index contributed by atoms with van der Waals surface area (Å²) in [5.41, 5.74) is 2.49. The highest BCUT2D eigenvalue weighted by Gasteiger charge is 2.28. The van der Waals surface area contributed by atoms with Gasteiger partial charge < -0.3 is 9.73 Å². The van der Waals surface area contributed by atoms with Crippen LogP contribution in [0.15, 0.2) is 68.6 Å². The maximum absolute atomic E-state index is 13.0. The largest absolute Gasteiger partial charge is 0.444 e. The first-order valence-electron chi connectivity index (χ1n) is 8.77. The van der Waals surface area contributed by atoms with Gasteiger partial charge in [0.15, 0.2) is 10.4 Å². The quantitative estimate of drug-likeness (QED) is 0.569. The van der Waals surface area contributed by atoms with Gasteiger partial charge in [-0.2, -0.15) is 4.31 Å². The lowest BCUT2D eigenvalue weighted by Gasteiger charge is -2.28. The summed E-state index contributed by atoms with van der Waals surface area (Å²) in [4.78, 5) is 12.5. The number of benzene rings is 2. The van der Waals surface area contributed by atoms with Crippen LogP contribution in [-0.2, 0) is 23.0 Å². The van der Waals surface area contributed by atoms with Gasteiger partial charge in [-0.1, -0.05) is 17.7 Å². The number of carbonyl (C=O) groups is 1. The van der Waals surface area contributed by atoms with Gasteiger partial charge in [0.2, 0.25) is 10.0 Å². The van der Waals surface area contributed by atoms with Crippen LogP contribution < -0.4 is 5.32 Å². The second-order valence-electron chi connectivity index (χ2n) is 6.58. The maximum Gasteiger partial charge on any atom is 0.291 e. The smallest absolute Gasteiger partial charge is 0.291 e. The van der Waals surface area contributed by atoms with Crippen LogP contribution in [0.2, 0.25) is 5.02 Å². The van der Waals surface area contributed by atoms with Crippen LogP contribution in [0.1, 0.15) is 21.7 Å². The molecule has 150 valence electrons. The molecule has 0 saturated carbocycles. The third-order valence-electron chi connectivity index (χ3n) is 4.69. The summed E-state index contributed by atoms with van der Waals surface area (Å²) in [6, 6.07) is 14.9. The average molecular weight is 496 g/mol. The number of fused-ring (bicyclic) bond motifs is 1. The van der Waals surface area contributed by atoms with Crippen molar-refractivity contribution in [3.63, 3.8) is 0 Å². The molecule has 3 aromatic rings. The van der Waals surface area contributed by atoms with Gasteiger partial charge in [-0.25, -0.2) is 8.42 Å². The molecule has 0 spiro atoms. The van der Waals surface area contributed by atoms with Gasteiger partial charge in [-0.3, -0.25) is 4.79 Å². The molecule has 1 N–H and O–H groups in total. The van der Waals surface area contributed by atoms with E-state index in [9.17, 15) is 13.2 Å². The van der Waals surface area contributed by atoms with Gasteiger partial charge in [-0.05, 0) is 82.0 Å². The van der Waals surface area contributed by atoms with E-state index in [0.717, 1.165) is 11.1 Å². The number of anilines is 1. The van der Waals surface area contributed by atoms with Gasteiger partial charge in [0.25, 0.3) is 5.91 Å². The van der Waals surface area contributed by atoms with Crippen molar-refractivity contribution in [2.45, 2.75) is 17.9 Å². The zero-order chi connectivity index (χ0) is 20.6. The maximum atomic E-state index is 13.0. The van der Waals surface area contributed by atoms with Crippen molar-refractivity contribution < 1.29 is 17.6 Å². The van der Waals surface area contributed by atoms with Gasteiger partial charge >= 0.3 is 0 Å². The molecule has 0 unspecified atom stereocenters. The van der Waals surface area contributed by atoms with Crippen LogP contribution in [0.3, 0.4) is 0 Å². The molecule has 1 aliphatic rings.